The summed E-state index contributed by atoms with van der Waals surface area (Å²) in [7, 11) is 0. The molecule has 56 valence electrons. The van der Waals surface area contributed by atoms with Crippen LogP contribution in [0.2, 0.25) is 0 Å². The summed E-state index contributed by atoms with van der Waals surface area (Å²) in [6.45, 7) is 0. The summed E-state index contributed by atoms with van der Waals surface area (Å²) >= 11 is 0. The summed E-state index contributed by atoms with van der Waals surface area (Å²) < 4.78 is 0. The SMILES string of the molecule is [O-][NH+]1C=Cc2ccccc2O1. The number of nitrogens with one attached hydrogen (secondary N) is 1. The molecule has 1 aromatic carbocycles. The van der Waals surface area contributed by atoms with Crippen molar-refractivity contribution >= 4 is 6.08 Å². The zero-order chi connectivity index (χ0) is 7.68. The number of hydroxylamine groups is 2. The first kappa shape index (κ1) is 6.39. The fourth-order valence-corrected chi connectivity index (χ4v) is 1.01. The molecule has 1 aromatic rings. The highest BCUT2D eigenvalue weighted by Gasteiger charge is 2.08. The van der Waals surface area contributed by atoms with E-state index in [2.05, 4.69) is 0 Å². The Labute approximate surface area is 64.0 Å². The van der Waals surface area contributed by atoms with Crippen LogP contribution in [0.1, 0.15) is 5.56 Å². The minimum Gasteiger partial charge on any atom is -0.586 e. The lowest BCUT2D eigenvalue weighted by Gasteiger charge is -2.20. The minimum absolute atomic E-state index is 0.302. The predicted octanol–water partition coefficient (Wildman–Crippen LogP) is 0.347. The van der Waals surface area contributed by atoms with E-state index in [1.54, 1.807) is 12.1 Å². The van der Waals surface area contributed by atoms with E-state index in [4.69, 9.17) is 4.84 Å². The molecule has 3 nitrogen and oxygen atoms in total. The van der Waals surface area contributed by atoms with Gasteiger partial charge in [0.05, 0.1) is 0 Å². The number of hydrogen-bond acceptors (Lipinski definition) is 2. The molecule has 1 heterocycles. The molecule has 0 aliphatic carbocycles. The molecule has 1 N–H and O–H groups in total. The van der Waals surface area contributed by atoms with E-state index in [0.29, 0.717) is 5.75 Å². The summed E-state index contributed by atoms with van der Waals surface area (Å²) in [5, 5.41) is 10.4. The van der Waals surface area contributed by atoms with Gasteiger partial charge in [-0.3, -0.25) is 0 Å². The van der Waals surface area contributed by atoms with Crippen molar-refractivity contribution in [2.75, 3.05) is 0 Å². The standard InChI is InChI=1S/C8H7NO2/c10-9-6-5-7-3-1-2-4-8(7)11-9/h1-6,9H. The highest BCUT2D eigenvalue weighted by atomic mass is 16.9. The zero-order valence-electron chi connectivity index (χ0n) is 5.78. The van der Waals surface area contributed by atoms with E-state index in [0.717, 1.165) is 5.56 Å². The first-order valence-electron chi connectivity index (χ1n) is 3.35. The van der Waals surface area contributed by atoms with E-state index in [1.807, 2.05) is 18.2 Å². The Morgan fingerprint density at radius 3 is 3.00 bits per heavy atom. The van der Waals surface area contributed by atoms with Crippen molar-refractivity contribution in [2.24, 2.45) is 0 Å². The molecule has 1 unspecified atom stereocenters. The number of rotatable bonds is 0. The second-order valence-corrected chi connectivity index (χ2v) is 2.29. The topological polar surface area (TPSA) is 36.7 Å². The van der Waals surface area contributed by atoms with Crippen molar-refractivity contribution in [1.29, 1.82) is 0 Å². The molecule has 0 fully saturated rings. The summed E-state index contributed by atoms with van der Waals surface area (Å²) in [4.78, 5) is 4.91. The maximum Gasteiger partial charge on any atom is 0.198 e. The Kier molecular flexibility index (Phi) is 1.38. The van der Waals surface area contributed by atoms with Crippen LogP contribution in [0.4, 0.5) is 0 Å². The monoisotopic (exact) mass is 149 g/mol. The van der Waals surface area contributed by atoms with Crippen molar-refractivity contribution in [1.82, 2.24) is 0 Å². The zero-order valence-corrected chi connectivity index (χ0v) is 5.78. The molecule has 1 atom stereocenters. The van der Waals surface area contributed by atoms with Crippen molar-refractivity contribution in [3.8, 4) is 5.75 Å². The molecule has 0 amide bonds. The highest BCUT2D eigenvalue weighted by molar-refractivity contribution is 5.56. The molecule has 11 heavy (non-hydrogen) atoms. The molecular weight excluding hydrogens is 142 g/mol. The molecule has 1 aliphatic rings. The molecule has 0 saturated heterocycles. The lowest BCUT2D eigenvalue weighted by molar-refractivity contribution is -0.975. The number of fused-ring (bicyclic) bond motifs is 1. The Bertz CT molecular complexity index is 296. The van der Waals surface area contributed by atoms with Crippen molar-refractivity contribution in [3.05, 3.63) is 41.2 Å². The van der Waals surface area contributed by atoms with Crippen LogP contribution in [0.25, 0.3) is 6.08 Å². The summed E-state index contributed by atoms with van der Waals surface area (Å²) in [6, 6.07) is 7.42. The molecule has 0 aromatic heterocycles. The van der Waals surface area contributed by atoms with Gasteiger partial charge in [-0.25, -0.2) is 0 Å². The third kappa shape index (κ3) is 1.11. The van der Waals surface area contributed by atoms with E-state index in [-0.39, 0.29) is 5.23 Å². The fourth-order valence-electron chi connectivity index (χ4n) is 1.01. The second kappa shape index (κ2) is 2.38. The molecule has 1 aliphatic heterocycles. The van der Waals surface area contributed by atoms with Crippen LogP contribution in [-0.4, -0.2) is 0 Å². The normalized spacial score (nSPS) is 20.6. The number of para-hydroxylation sites is 1. The quantitative estimate of drug-likeness (QED) is 0.540. The number of quaternary nitrogens is 1. The predicted molar refractivity (Wildman–Crippen MR) is 40.4 cm³/mol. The van der Waals surface area contributed by atoms with Crippen LogP contribution in [0.15, 0.2) is 30.5 Å². The maximum absolute atomic E-state index is 10.7. The second-order valence-electron chi connectivity index (χ2n) is 2.29. The maximum atomic E-state index is 10.7. The van der Waals surface area contributed by atoms with Gasteiger partial charge < -0.3 is 10.0 Å². The van der Waals surface area contributed by atoms with Crippen LogP contribution in [0.5, 0.6) is 5.75 Å². The Morgan fingerprint density at radius 2 is 2.09 bits per heavy atom. The first-order valence-corrected chi connectivity index (χ1v) is 3.35. The lowest BCUT2D eigenvalue weighted by atomic mass is 10.2. The van der Waals surface area contributed by atoms with E-state index >= 15 is 0 Å². The molecule has 0 saturated carbocycles. The fraction of sp³-hybridized carbons (Fsp3) is 0. The minimum atomic E-state index is -0.302. The van der Waals surface area contributed by atoms with Crippen LogP contribution in [0.3, 0.4) is 0 Å². The lowest BCUT2D eigenvalue weighted by Crippen LogP contribution is -3.04. The van der Waals surface area contributed by atoms with Gasteiger partial charge in [0, 0.05) is 11.6 Å². The van der Waals surface area contributed by atoms with Crippen molar-refractivity contribution < 1.29 is 10.1 Å². The van der Waals surface area contributed by atoms with E-state index in [9.17, 15) is 5.21 Å². The summed E-state index contributed by atoms with van der Waals surface area (Å²) in [5.41, 5.74) is 0.951. The third-order valence-electron chi connectivity index (χ3n) is 1.53. The van der Waals surface area contributed by atoms with Crippen molar-refractivity contribution in [3.63, 3.8) is 0 Å². The molecular formula is C8H7NO2. The molecule has 2 rings (SSSR count). The van der Waals surface area contributed by atoms with Gasteiger partial charge in [0.25, 0.3) is 0 Å². The Morgan fingerprint density at radius 1 is 1.27 bits per heavy atom. The van der Waals surface area contributed by atoms with Gasteiger partial charge in [0.1, 0.15) is 6.20 Å². The van der Waals surface area contributed by atoms with Gasteiger partial charge in [-0.15, -0.1) is 0 Å². The third-order valence-corrected chi connectivity index (χ3v) is 1.53. The van der Waals surface area contributed by atoms with Crippen LogP contribution < -0.4 is 10.1 Å². The van der Waals surface area contributed by atoms with Crippen LogP contribution in [0, 0.1) is 5.21 Å². The Balaban J connectivity index is 2.46. The number of benzene rings is 1. The summed E-state index contributed by atoms with van der Waals surface area (Å²) in [5.74, 6) is 0.639. The van der Waals surface area contributed by atoms with Crippen LogP contribution in [-0.2, 0) is 0 Å². The smallest absolute Gasteiger partial charge is 0.198 e. The van der Waals surface area contributed by atoms with Gasteiger partial charge in [-0.1, -0.05) is 18.2 Å². The average Bonchev–Trinajstić information content (AvgIpc) is 2.04. The van der Waals surface area contributed by atoms with Gasteiger partial charge in [0.15, 0.2) is 5.75 Å². The van der Waals surface area contributed by atoms with Crippen molar-refractivity contribution in [2.45, 2.75) is 0 Å². The molecule has 0 radical (unpaired) electrons. The van der Waals surface area contributed by atoms with Gasteiger partial charge in [-0.05, 0) is 6.07 Å². The van der Waals surface area contributed by atoms with Gasteiger partial charge in [-0.2, -0.15) is 5.23 Å². The molecule has 0 bridgehead atoms. The average molecular weight is 149 g/mol. The van der Waals surface area contributed by atoms with Crippen LogP contribution >= 0.6 is 0 Å². The van der Waals surface area contributed by atoms with Gasteiger partial charge in [0.2, 0.25) is 0 Å². The molecule has 3 heteroatoms. The van der Waals surface area contributed by atoms with Gasteiger partial charge >= 0.3 is 0 Å². The highest BCUT2D eigenvalue weighted by Crippen LogP contribution is 2.18. The first-order chi connectivity index (χ1) is 5.36. The summed E-state index contributed by atoms with van der Waals surface area (Å²) in [6.07, 6.45) is 3.17. The van der Waals surface area contributed by atoms with E-state index in [1.165, 1.54) is 6.20 Å². The molecule has 0 spiro atoms. The Hall–Kier alpha value is -1.32. The number of hydrogen-bond donors (Lipinski definition) is 1. The largest absolute Gasteiger partial charge is 0.586 e. The van der Waals surface area contributed by atoms with E-state index < -0.39 is 0 Å².